The van der Waals surface area contributed by atoms with Crippen LogP contribution in [0.3, 0.4) is 0 Å². The number of aliphatic hydroxyl groups excluding tert-OH is 1. The number of rotatable bonds is 7. The fourth-order valence-corrected chi connectivity index (χ4v) is 2.38. The second-order valence-electron chi connectivity index (χ2n) is 4.67. The van der Waals surface area contributed by atoms with Crippen LogP contribution < -0.4 is 5.32 Å². The Bertz CT molecular complexity index is 311. The van der Waals surface area contributed by atoms with Crippen LogP contribution in [0.4, 0.5) is 0 Å². The Morgan fingerprint density at radius 3 is 2.47 bits per heavy atom. The van der Waals surface area contributed by atoms with Gasteiger partial charge in [-0.2, -0.15) is 0 Å². The van der Waals surface area contributed by atoms with Gasteiger partial charge in [0.2, 0.25) is 0 Å². The van der Waals surface area contributed by atoms with Gasteiger partial charge in [-0.1, -0.05) is 31.5 Å². The Hall–Kier alpha value is -0.510. The molecule has 17 heavy (non-hydrogen) atoms. The van der Waals surface area contributed by atoms with Crippen LogP contribution >= 0.6 is 11.8 Å². The summed E-state index contributed by atoms with van der Waals surface area (Å²) in [6.07, 6.45) is 0.591. The van der Waals surface area contributed by atoms with Crippen molar-refractivity contribution in [3.8, 4) is 0 Å². The van der Waals surface area contributed by atoms with Crippen LogP contribution in [0.2, 0.25) is 0 Å². The number of thioether (sulfide) groups is 1. The smallest absolute Gasteiger partial charge is 0.0672 e. The molecule has 0 saturated heterocycles. The van der Waals surface area contributed by atoms with E-state index in [4.69, 9.17) is 0 Å². The molecule has 2 nitrogen and oxygen atoms in total. The van der Waals surface area contributed by atoms with Gasteiger partial charge in [-0.3, -0.25) is 0 Å². The Labute approximate surface area is 109 Å². The van der Waals surface area contributed by atoms with Gasteiger partial charge in [0.1, 0.15) is 0 Å². The molecular weight excluding hydrogens is 230 g/mol. The number of aliphatic hydroxyl groups is 1. The van der Waals surface area contributed by atoms with E-state index in [1.165, 1.54) is 10.5 Å². The number of benzene rings is 1. The molecule has 0 fully saturated rings. The highest BCUT2D eigenvalue weighted by Crippen LogP contribution is 2.19. The van der Waals surface area contributed by atoms with Gasteiger partial charge in [-0.15, -0.1) is 11.8 Å². The van der Waals surface area contributed by atoms with Crippen LogP contribution in [0.15, 0.2) is 29.2 Å². The van der Waals surface area contributed by atoms with Crippen LogP contribution in [0, 0.1) is 6.92 Å². The predicted molar refractivity (Wildman–Crippen MR) is 75.7 cm³/mol. The molecule has 0 saturated carbocycles. The van der Waals surface area contributed by atoms with E-state index < -0.39 is 0 Å². The van der Waals surface area contributed by atoms with Gasteiger partial charge in [0.05, 0.1) is 6.10 Å². The highest BCUT2D eigenvalue weighted by atomic mass is 32.2. The summed E-state index contributed by atoms with van der Waals surface area (Å²) >= 11 is 1.80. The van der Waals surface area contributed by atoms with Crippen LogP contribution in [-0.4, -0.2) is 29.5 Å². The fourth-order valence-electron chi connectivity index (χ4n) is 1.42. The fraction of sp³-hybridized carbons (Fsp3) is 0.571. The van der Waals surface area contributed by atoms with E-state index in [-0.39, 0.29) is 6.10 Å². The Balaban J connectivity index is 2.16. The first-order chi connectivity index (χ1) is 8.08. The molecule has 1 unspecified atom stereocenters. The van der Waals surface area contributed by atoms with E-state index in [2.05, 4.69) is 50.4 Å². The van der Waals surface area contributed by atoms with Gasteiger partial charge >= 0.3 is 0 Å². The maximum Gasteiger partial charge on any atom is 0.0672 e. The standard InChI is InChI=1S/C14H23NOS/c1-11(2)15-10-13(16)8-9-17-14-6-4-12(3)5-7-14/h4-7,11,13,15-16H,8-10H2,1-3H3. The van der Waals surface area contributed by atoms with Gasteiger partial charge < -0.3 is 10.4 Å². The lowest BCUT2D eigenvalue weighted by Gasteiger charge is -2.13. The largest absolute Gasteiger partial charge is 0.392 e. The van der Waals surface area contributed by atoms with Crippen LogP contribution in [0.25, 0.3) is 0 Å². The van der Waals surface area contributed by atoms with Gasteiger partial charge in [-0.05, 0) is 25.5 Å². The quantitative estimate of drug-likeness (QED) is 0.733. The average Bonchev–Trinajstić information content (AvgIpc) is 2.29. The molecule has 0 heterocycles. The molecule has 1 aromatic carbocycles. The van der Waals surface area contributed by atoms with Crippen molar-refractivity contribution in [3.05, 3.63) is 29.8 Å². The molecule has 0 aliphatic rings. The molecule has 1 atom stereocenters. The minimum absolute atomic E-state index is 0.240. The van der Waals surface area contributed by atoms with Crippen molar-refractivity contribution in [2.75, 3.05) is 12.3 Å². The third-order valence-corrected chi connectivity index (χ3v) is 3.55. The second-order valence-corrected chi connectivity index (χ2v) is 5.84. The molecule has 0 aliphatic heterocycles. The average molecular weight is 253 g/mol. The van der Waals surface area contributed by atoms with Crippen molar-refractivity contribution < 1.29 is 5.11 Å². The van der Waals surface area contributed by atoms with Crippen molar-refractivity contribution in [2.45, 2.75) is 44.2 Å². The zero-order chi connectivity index (χ0) is 12.7. The normalized spacial score (nSPS) is 13.0. The first-order valence-electron chi connectivity index (χ1n) is 6.19. The molecule has 1 rings (SSSR count). The summed E-state index contributed by atoms with van der Waals surface area (Å²) < 4.78 is 0. The van der Waals surface area contributed by atoms with E-state index in [9.17, 15) is 5.11 Å². The molecule has 2 N–H and O–H groups in total. The van der Waals surface area contributed by atoms with Gasteiger partial charge in [0, 0.05) is 23.2 Å². The molecular formula is C14H23NOS. The van der Waals surface area contributed by atoms with E-state index in [1.54, 1.807) is 11.8 Å². The van der Waals surface area contributed by atoms with Crippen molar-refractivity contribution in [2.24, 2.45) is 0 Å². The number of nitrogens with one attached hydrogen (secondary N) is 1. The number of aryl methyl sites for hydroxylation is 1. The lowest BCUT2D eigenvalue weighted by Crippen LogP contribution is -2.32. The van der Waals surface area contributed by atoms with Crippen molar-refractivity contribution in [1.29, 1.82) is 0 Å². The molecule has 0 radical (unpaired) electrons. The molecule has 0 bridgehead atoms. The van der Waals surface area contributed by atoms with Gasteiger partial charge in [0.25, 0.3) is 0 Å². The van der Waals surface area contributed by atoms with E-state index in [0.717, 1.165) is 12.2 Å². The summed E-state index contributed by atoms with van der Waals surface area (Å²) in [5.41, 5.74) is 1.29. The van der Waals surface area contributed by atoms with E-state index in [0.29, 0.717) is 12.6 Å². The monoisotopic (exact) mass is 253 g/mol. The zero-order valence-corrected chi connectivity index (χ0v) is 11.8. The van der Waals surface area contributed by atoms with Gasteiger partial charge in [0.15, 0.2) is 0 Å². The topological polar surface area (TPSA) is 32.3 Å². The van der Waals surface area contributed by atoms with Crippen LogP contribution in [0.5, 0.6) is 0 Å². The number of hydrogen-bond acceptors (Lipinski definition) is 3. The zero-order valence-electron chi connectivity index (χ0n) is 10.9. The highest BCUT2D eigenvalue weighted by Gasteiger charge is 2.04. The predicted octanol–water partition coefficient (Wildman–Crippen LogP) is 2.84. The first-order valence-corrected chi connectivity index (χ1v) is 7.17. The van der Waals surface area contributed by atoms with Crippen molar-refractivity contribution >= 4 is 11.8 Å². The first kappa shape index (κ1) is 14.6. The minimum atomic E-state index is -0.240. The van der Waals surface area contributed by atoms with E-state index in [1.807, 2.05) is 0 Å². The van der Waals surface area contributed by atoms with E-state index >= 15 is 0 Å². The molecule has 0 aliphatic carbocycles. The molecule has 3 heteroatoms. The van der Waals surface area contributed by atoms with Crippen LogP contribution in [-0.2, 0) is 0 Å². The lowest BCUT2D eigenvalue weighted by atomic mass is 10.2. The third-order valence-electron chi connectivity index (χ3n) is 2.50. The molecule has 1 aromatic rings. The molecule has 0 amide bonds. The second kappa shape index (κ2) is 7.75. The Kier molecular flexibility index (Phi) is 6.63. The van der Waals surface area contributed by atoms with Crippen LogP contribution in [0.1, 0.15) is 25.8 Å². The highest BCUT2D eigenvalue weighted by molar-refractivity contribution is 7.99. The molecule has 0 spiro atoms. The maximum absolute atomic E-state index is 9.74. The Morgan fingerprint density at radius 1 is 1.24 bits per heavy atom. The SMILES string of the molecule is Cc1ccc(SCCC(O)CNC(C)C)cc1. The summed E-state index contributed by atoms with van der Waals surface area (Å²) in [6, 6.07) is 8.96. The van der Waals surface area contributed by atoms with Gasteiger partial charge in [-0.25, -0.2) is 0 Å². The van der Waals surface area contributed by atoms with Crippen molar-refractivity contribution in [1.82, 2.24) is 5.32 Å². The summed E-state index contributed by atoms with van der Waals surface area (Å²) in [6.45, 7) is 6.96. The Morgan fingerprint density at radius 2 is 1.88 bits per heavy atom. The maximum atomic E-state index is 9.74. The molecule has 0 aromatic heterocycles. The summed E-state index contributed by atoms with van der Waals surface area (Å²) in [5, 5.41) is 13.0. The lowest BCUT2D eigenvalue weighted by molar-refractivity contribution is 0.166. The van der Waals surface area contributed by atoms with Crippen molar-refractivity contribution in [3.63, 3.8) is 0 Å². The molecule has 96 valence electrons. The summed E-state index contributed by atoms with van der Waals surface area (Å²) in [7, 11) is 0. The number of hydrogen-bond donors (Lipinski definition) is 2. The third kappa shape index (κ3) is 6.71. The minimum Gasteiger partial charge on any atom is -0.392 e. The summed E-state index contributed by atoms with van der Waals surface area (Å²) in [4.78, 5) is 1.28. The summed E-state index contributed by atoms with van der Waals surface area (Å²) in [5.74, 6) is 0.962.